The number of carbonyl (C=O) groups excluding carboxylic acids is 1. The molecule has 0 radical (unpaired) electrons. The molecule has 2 atom stereocenters. The molecule has 7 nitrogen and oxygen atoms in total. The van der Waals surface area contributed by atoms with Crippen molar-refractivity contribution in [2.24, 2.45) is 5.92 Å². The number of nitro groups is 1. The number of aliphatic hydroxyl groups is 1. The minimum atomic E-state index is -0.593. The number of aliphatic hydroxyl groups excluding tert-OH is 1. The van der Waals surface area contributed by atoms with E-state index in [1.807, 2.05) is 13.8 Å². The first-order valence-corrected chi connectivity index (χ1v) is 6.87. The monoisotopic (exact) mass is 295 g/mol. The van der Waals surface area contributed by atoms with Crippen LogP contribution in [-0.2, 0) is 4.79 Å². The molecule has 0 saturated heterocycles. The van der Waals surface area contributed by atoms with Crippen molar-refractivity contribution in [2.75, 3.05) is 18.4 Å². The van der Waals surface area contributed by atoms with Crippen LogP contribution >= 0.6 is 0 Å². The molecule has 0 fully saturated rings. The summed E-state index contributed by atoms with van der Waals surface area (Å²) in [6.07, 6.45) is 0.232. The molecule has 0 spiro atoms. The Bertz CT molecular complexity index is 493. The average Bonchev–Trinajstić information content (AvgIpc) is 2.49. The fraction of sp³-hybridized carbons (Fsp3) is 0.500. The van der Waals surface area contributed by atoms with Gasteiger partial charge in [0.25, 0.3) is 5.69 Å². The molecule has 0 aliphatic rings. The zero-order chi connectivity index (χ0) is 15.8. The Morgan fingerprint density at radius 1 is 1.43 bits per heavy atom. The van der Waals surface area contributed by atoms with Gasteiger partial charge in [-0.05, 0) is 12.0 Å². The number of nitrogens with one attached hydrogen (secondary N) is 2. The Balaban J connectivity index is 2.45. The number of anilines is 1. The van der Waals surface area contributed by atoms with E-state index < -0.39 is 11.0 Å². The van der Waals surface area contributed by atoms with Crippen LogP contribution in [0.2, 0.25) is 0 Å². The predicted octanol–water partition coefficient (Wildman–Crippen LogP) is 1.53. The van der Waals surface area contributed by atoms with Gasteiger partial charge >= 0.3 is 0 Å². The Hall–Kier alpha value is -2.15. The standard InChI is InChI=1S/C14H21N3O4/c1-3-10(2)13(18)8-16-14(19)9-15-11-6-4-5-7-12(11)17(20)21/h4-7,10,13,15,18H,3,8-9H2,1-2H3,(H,16,19). The lowest BCUT2D eigenvalue weighted by atomic mass is 10.0. The normalized spacial score (nSPS) is 13.3. The predicted molar refractivity (Wildman–Crippen MR) is 80.1 cm³/mol. The molecule has 116 valence electrons. The number of hydrogen-bond acceptors (Lipinski definition) is 5. The van der Waals surface area contributed by atoms with Gasteiger partial charge in [-0.15, -0.1) is 0 Å². The largest absolute Gasteiger partial charge is 0.391 e. The van der Waals surface area contributed by atoms with Gasteiger partial charge in [0.1, 0.15) is 5.69 Å². The van der Waals surface area contributed by atoms with Crippen LogP contribution in [-0.4, -0.2) is 35.1 Å². The second kappa shape index (κ2) is 8.21. The van der Waals surface area contributed by atoms with E-state index in [9.17, 15) is 20.0 Å². The summed E-state index contributed by atoms with van der Waals surface area (Å²) in [5.74, 6) is -0.219. The highest BCUT2D eigenvalue weighted by Gasteiger charge is 2.15. The zero-order valence-corrected chi connectivity index (χ0v) is 12.2. The second-order valence-corrected chi connectivity index (χ2v) is 4.88. The van der Waals surface area contributed by atoms with Crippen LogP contribution in [0.3, 0.4) is 0 Å². The van der Waals surface area contributed by atoms with Crippen LogP contribution in [0.1, 0.15) is 20.3 Å². The summed E-state index contributed by atoms with van der Waals surface area (Å²) in [7, 11) is 0. The quantitative estimate of drug-likeness (QED) is 0.498. The summed E-state index contributed by atoms with van der Waals surface area (Å²) in [4.78, 5) is 22.0. The number of nitro benzene ring substituents is 1. The van der Waals surface area contributed by atoms with Gasteiger partial charge < -0.3 is 15.7 Å². The van der Waals surface area contributed by atoms with Crippen LogP contribution in [0.4, 0.5) is 11.4 Å². The van der Waals surface area contributed by atoms with Gasteiger partial charge in [0.2, 0.25) is 5.91 Å². The number of benzene rings is 1. The van der Waals surface area contributed by atoms with E-state index in [0.29, 0.717) is 5.69 Å². The van der Waals surface area contributed by atoms with Gasteiger partial charge in [-0.1, -0.05) is 32.4 Å². The minimum Gasteiger partial charge on any atom is -0.391 e. The lowest BCUT2D eigenvalue weighted by Gasteiger charge is -2.17. The number of hydrogen-bond donors (Lipinski definition) is 3. The van der Waals surface area contributed by atoms with Crippen molar-refractivity contribution in [2.45, 2.75) is 26.4 Å². The summed E-state index contributed by atoms with van der Waals surface area (Å²) < 4.78 is 0. The third-order valence-corrected chi connectivity index (χ3v) is 3.35. The van der Waals surface area contributed by atoms with Crippen molar-refractivity contribution in [1.82, 2.24) is 5.32 Å². The summed E-state index contributed by atoms with van der Waals surface area (Å²) in [6, 6.07) is 6.12. The molecule has 21 heavy (non-hydrogen) atoms. The maximum Gasteiger partial charge on any atom is 0.292 e. The first kappa shape index (κ1) is 16.9. The summed E-state index contributed by atoms with van der Waals surface area (Å²) in [5.41, 5.74) is 0.213. The first-order chi connectivity index (χ1) is 9.95. The molecule has 0 heterocycles. The number of nitrogens with zero attached hydrogens (tertiary/aromatic N) is 1. The van der Waals surface area contributed by atoms with E-state index in [0.717, 1.165) is 6.42 Å². The second-order valence-electron chi connectivity index (χ2n) is 4.88. The Morgan fingerprint density at radius 3 is 2.71 bits per heavy atom. The van der Waals surface area contributed by atoms with Gasteiger partial charge in [-0.3, -0.25) is 14.9 Å². The number of rotatable bonds is 8. The van der Waals surface area contributed by atoms with Gasteiger partial charge in [-0.25, -0.2) is 0 Å². The van der Waals surface area contributed by atoms with Crippen LogP contribution in [0.5, 0.6) is 0 Å². The molecule has 1 aromatic carbocycles. The third kappa shape index (κ3) is 5.39. The first-order valence-electron chi connectivity index (χ1n) is 6.87. The maximum atomic E-state index is 11.7. The Kier molecular flexibility index (Phi) is 6.61. The third-order valence-electron chi connectivity index (χ3n) is 3.35. The van der Waals surface area contributed by atoms with Gasteiger partial charge in [0, 0.05) is 12.6 Å². The highest BCUT2D eigenvalue weighted by molar-refractivity contribution is 5.81. The van der Waals surface area contributed by atoms with E-state index in [1.165, 1.54) is 6.07 Å². The molecule has 0 aliphatic heterocycles. The molecule has 0 aromatic heterocycles. The number of carbonyl (C=O) groups is 1. The molecule has 0 bridgehead atoms. The van der Waals surface area contributed by atoms with Crippen molar-refractivity contribution < 1.29 is 14.8 Å². The summed E-state index contributed by atoms with van der Waals surface area (Å²) in [5, 5.41) is 25.9. The topological polar surface area (TPSA) is 104 Å². The molecular weight excluding hydrogens is 274 g/mol. The highest BCUT2D eigenvalue weighted by Crippen LogP contribution is 2.22. The van der Waals surface area contributed by atoms with Crippen LogP contribution < -0.4 is 10.6 Å². The molecule has 2 unspecified atom stereocenters. The van der Waals surface area contributed by atoms with Gasteiger partial charge in [-0.2, -0.15) is 0 Å². The summed E-state index contributed by atoms with van der Waals surface area (Å²) >= 11 is 0. The van der Waals surface area contributed by atoms with Crippen molar-refractivity contribution in [3.8, 4) is 0 Å². The molecule has 7 heteroatoms. The molecular formula is C14H21N3O4. The van der Waals surface area contributed by atoms with Crippen LogP contribution in [0, 0.1) is 16.0 Å². The van der Waals surface area contributed by atoms with Crippen LogP contribution in [0.15, 0.2) is 24.3 Å². The van der Waals surface area contributed by atoms with E-state index in [-0.39, 0.29) is 30.6 Å². The molecule has 1 amide bonds. The van der Waals surface area contributed by atoms with Gasteiger partial charge in [0.05, 0.1) is 17.6 Å². The van der Waals surface area contributed by atoms with E-state index >= 15 is 0 Å². The Labute approximate surface area is 123 Å². The number of para-hydroxylation sites is 2. The van der Waals surface area contributed by atoms with Crippen molar-refractivity contribution in [1.29, 1.82) is 0 Å². The number of amides is 1. The van der Waals surface area contributed by atoms with Crippen LogP contribution in [0.25, 0.3) is 0 Å². The van der Waals surface area contributed by atoms with E-state index in [1.54, 1.807) is 18.2 Å². The average molecular weight is 295 g/mol. The minimum absolute atomic E-state index is 0.0788. The van der Waals surface area contributed by atoms with Gasteiger partial charge in [0.15, 0.2) is 0 Å². The molecule has 3 N–H and O–H groups in total. The molecule has 1 aromatic rings. The fourth-order valence-corrected chi connectivity index (χ4v) is 1.71. The SMILES string of the molecule is CCC(C)C(O)CNC(=O)CNc1ccccc1[N+](=O)[O-]. The smallest absolute Gasteiger partial charge is 0.292 e. The zero-order valence-electron chi connectivity index (χ0n) is 12.2. The highest BCUT2D eigenvalue weighted by atomic mass is 16.6. The summed E-state index contributed by atoms with van der Waals surface area (Å²) in [6.45, 7) is 3.96. The Morgan fingerprint density at radius 2 is 2.10 bits per heavy atom. The van der Waals surface area contributed by atoms with Crippen molar-refractivity contribution in [3.63, 3.8) is 0 Å². The lowest BCUT2D eigenvalue weighted by Crippen LogP contribution is -2.38. The molecule has 0 saturated carbocycles. The fourth-order valence-electron chi connectivity index (χ4n) is 1.71. The van der Waals surface area contributed by atoms with E-state index in [4.69, 9.17) is 0 Å². The lowest BCUT2D eigenvalue weighted by molar-refractivity contribution is -0.383. The molecule has 0 aliphatic carbocycles. The molecule has 1 rings (SSSR count). The van der Waals surface area contributed by atoms with Crippen molar-refractivity contribution >= 4 is 17.3 Å². The van der Waals surface area contributed by atoms with E-state index in [2.05, 4.69) is 10.6 Å². The van der Waals surface area contributed by atoms with Crippen molar-refractivity contribution in [3.05, 3.63) is 34.4 Å². The maximum absolute atomic E-state index is 11.7.